The van der Waals surface area contributed by atoms with Crippen molar-refractivity contribution in [2.45, 2.75) is 27.7 Å². The van der Waals surface area contributed by atoms with Crippen LogP contribution in [-0.2, 0) is 0 Å². The van der Waals surface area contributed by atoms with Crippen molar-refractivity contribution in [3.8, 4) is 11.1 Å². The lowest BCUT2D eigenvalue weighted by Crippen LogP contribution is -2.09. The van der Waals surface area contributed by atoms with Crippen LogP contribution in [0.15, 0.2) is 182 Å². The highest BCUT2D eigenvalue weighted by molar-refractivity contribution is 5.91. The summed E-state index contributed by atoms with van der Waals surface area (Å²) in [6.45, 7) is 8.51. The predicted octanol–water partition coefficient (Wildman–Crippen LogP) is 14.9. The van der Waals surface area contributed by atoms with Crippen molar-refractivity contribution in [3.05, 3.63) is 215 Å². The SMILES string of the molecule is Cc1ccc(N(c2ccc(C)cc2)c2ccc(-c3ccc(C=Cc4ccc5cc(N(c6ccc(C)cc6)c6ccc(C)cc6)ccc5c4)cc3)cc2)cc1. The predicted molar refractivity (Wildman–Crippen MR) is 233 cm³/mol. The smallest absolute Gasteiger partial charge is 0.0468 e. The standard InChI is InChI=1S/C52H44N2/c1-37-5-24-47(25-6-37)53(48-26-7-38(2)8-27-48)51-32-21-44(22-33-51)43-18-15-41(16-19-43)13-14-42-17-20-46-36-52(34-23-45(46)35-42)54(49-28-9-39(3)10-29-49)50-30-11-40(4)12-31-50/h5-36H,1-4H3. The second kappa shape index (κ2) is 15.1. The molecule has 8 rings (SSSR count). The Hall–Kier alpha value is -6.64. The van der Waals surface area contributed by atoms with Gasteiger partial charge in [-0.1, -0.05) is 138 Å². The molecule has 8 aromatic rings. The van der Waals surface area contributed by atoms with E-state index in [9.17, 15) is 0 Å². The van der Waals surface area contributed by atoms with Gasteiger partial charge in [0.15, 0.2) is 0 Å². The van der Waals surface area contributed by atoms with Crippen molar-refractivity contribution in [2.24, 2.45) is 0 Å². The van der Waals surface area contributed by atoms with Gasteiger partial charge in [0.25, 0.3) is 0 Å². The van der Waals surface area contributed by atoms with Gasteiger partial charge in [0.05, 0.1) is 0 Å². The molecule has 0 N–H and O–H groups in total. The number of hydrogen-bond donors (Lipinski definition) is 0. The van der Waals surface area contributed by atoms with Crippen molar-refractivity contribution in [3.63, 3.8) is 0 Å². The third-order valence-electron chi connectivity index (χ3n) is 10.1. The van der Waals surface area contributed by atoms with Crippen molar-refractivity contribution in [2.75, 3.05) is 9.80 Å². The zero-order chi connectivity index (χ0) is 37.0. The van der Waals surface area contributed by atoms with Gasteiger partial charge in [0, 0.05) is 34.1 Å². The summed E-state index contributed by atoms with van der Waals surface area (Å²) in [5, 5.41) is 2.43. The van der Waals surface area contributed by atoms with Crippen LogP contribution in [0.3, 0.4) is 0 Å². The summed E-state index contributed by atoms with van der Waals surface area (Å²) in [6, 6.07) is 66.1. The average molecular weight is 697 g/mol. The van der Waals surface area contributed by atoms with Gasteiger partial charge in [0.1, 0.15) is 0 Å². The highest BCUT2D eigenvalue weighted by atomic mass is 15.1. The fraction of sp³-hybridized carbons (Fsp3) is 0.0769. The molecule has 2 heteroatoms. The minimum absolute atomic E-state index is 1.13. The van der Waals surface area contributed by atoms with Crippen LogP contribution in [0.4, 0.5) is 34.1 Å². The van der Waals surface area contributed by atoms with E-state index in [2.05, 4.69) is 232 Å². The second-order valence-electron chi connectivity index (χ2n) is 14.3. The Kier molecular flexibility index (Phi) is 9.66. The van der Waals surface area contributed by atoms with Crippen LogP contribution in [0.1, 0.15) is 33.4 Å². The van der Waals surface area contributed by atoms with Gasteiger partial charge < -0.3 is 9.80 Å². The average Bonchev–Trinajstić information content (AvgIpc) is 3.20. The van der Waals surface area contributed by atoms with Gasteiger partial charge >= 0.3 is 0 Å². The first-order valence-electron chi connectivity index (χ1n) is 18.7. The largest absolute Gasteiger partial charge is 0.311 e. The molecule has 0 aliphatic rings. The molecule has 0 radical (unpaired) electrons. The Morgan fingerprint density at radius 2 is 0.574 bits per heavy atom. The van der Waals surface area contributed by atoms with E-state index < -0.39 is 0 Å². The molecule has 0 bridgehead atoms. The Labute approximate surface area is 319 Å². The maximum absolute atomic E-state index is 2.33. The zero-order valence-corrected chi connectivity index (χ0v) is 31.4. The topological polar surface area (TPSA) is 6.48 Å². The third kappa shape index (κ3) is 7.60. The minimum atomic E-state index is 1.13. The Balaban J connectivity index is 0.994. The number of benzene rings is 8. The van der Waals surface area contributed by atoms with E-state index in [0.29, 0.717) is 0 Å². The van der Waals surface area contributed by atoms with Crippen LogP contribution >= 0.6 is 0 Å². The first-order chi connectivity index (χ1) is 26.4. The molecule has 8 aromatic carbocycles. The molecular weight excluding hydrogens is 653 g/mol. The minimum Gasteiger partial charge on any atom is -0.311 e. The molecule has 54 heavy (non-hydrogen) atoms. The molecule has 0 heterocycles. The lowest BCUT2D eigenvalue weighted by atomic mass is 10.0. The van der Waals surface area contributed by atoms with Gasteiger partial charge in [-0.05, 0) is 140 Å². The molecule has 0 aliphatic carbocycles. The van der Waals surface area contributed by atoms with Gasteiger partial charge in [-0.2, -0.15) is 0 Å². The number of fused-ring (bicyclic) bond motifs is 1. The summed E-state index contributed by atoms with van der Waals surface area (Å²) in [4.78, 5) is 4.64. The lowest BCUT2D eigenvalue weighted by Gasteiger charge is -2.26. The molecule has 0 aliphatic heterocycles. The Morgan fingerprint density at radius 1 is 0.278 bits per heavy atom. The molecule has 0 spiro atoms. The van der Waals surface area contributed by atoms with E-state index in [-0.39, 0.29) is 0 Å². The molecule has 0 saturated heterocycles. The summed E-state index contributed by atoms with van der Waals surface area (Å²) < 4.78 is 0. The van der Waals surface area contributed by atoms with E-state index in [4.69, 9.17) is 0 Å². The monoisotopic (exact) mass is 696 g/mol. The van der Waals surface area contributed by atoms with Gasteiger partial charge in [-0.15, -0.1) is 0 Å². The van der Waals surface area contributed by atoms with Gasteiger partial charge in [-0.3, -0.25) is 0 Å². The molecule has 0 aromatic heterocycles. The molecule has 0 atom stereocenters. The quantitative estimate of drug-likeness (QED) is 0.139. The zero-order valence-electron chi connectivity index (χ0n) is 31.4. The highest BCUT2D eigenvalue weighted by Crippen LogP contribution is 2.38. The first kappa shape index (κ1) is 34.4. The molecule has 0 unspecified atom stereocenters. The van der Waals surface area contributed by atoms with E-state index in [1.165, 1.54) is 55.3 Å². The van der Waals surface area contributed by atoms with Gasteiger partial charge in [0.2, 0.25) is 0 Å². The van der Waals surface area contributed by atoms with E-state index in [1.54, 1.807) is 0 Å². The first-order valence-corrected chi connectivity index (χ1v) is 18.7. The molecular formula is C52H44N2. The lowest BCUT2D eigenvalue weighted by molar-refractivity contribution is 1.27. The van der Waals surface area contributed by atoms with Crippen molar-refractivity contribution in [1.82, 2.24) is 0 Å². The molecule has 0 fully saturated rings. The van der Waals surface area contributed by atoms with E-state index >= 15 is 0 Å². The molecule has 2 nitrogen and oxygen atoms in total. The maximum atomic E-state index is 2.33. The van der Waals surface area contributed by atoms with E-state index in [0.717, 1.165) is 34.1 Å². The van der Waals surface area contributed by atoms with Crippen LogP contribution in [-0.4, -0.2) is 0 Å². The van der Waals surface area contributed by atoms with Crippen molar-refractivity contribution >= 4 is 57.0 Å². The van der Waals surface area contributed by atoms with Crippen LogP contribution < -0.4 is 9.80 Å². The summed E-state index contributed by atoms with van der Waals surface area (Å²) in [5.74, 6) is 0. The van der Waals surface area contributed by atoms with Gasteiger partial charge in [-0.25, -0.2) is 0 Å². The molecule has 262 valence electrons. The van der Waals surface area contributed by atoms with Crippen molar-refractivity contribution < 1.29 is 0 Å². The molecule has 0 amide bonds. The summed E-state index contributed by atoms with van der Waals surface area (Å²) in [7, 11) is 0. The second-order valence-corrected chi connectivity index (χ2v) is 14.3. The summed E-state index contributed by atoms with van der Waals surface area (Å²) >= 11 is 0. The maximum Gasteiger partial charge on any atom is 0.0468 e. The van der Waals surface area contributed by atoms with Crippen LogP contribution in [0.25, 0.3) is 34.1 Å². The Bertz CT molecular complexity index is 2440. The van der Waals surface area contributed by atoms with Crippen LogP contribution in [0.5, 0.6) is 0 Å². The molecule has 0 saturated carbocycles. The summed E-state index contributed by atoms with van der Waals surface area (Å²) in [5.41, 5.74) is 16.6. The number of aryl methyl sites for hydroxylation is 4. The fourth-order valence-corrected chi connectivity index (χ4v) is 6.95. The van der Waals surface area contributed by atoms with Crippen LogP contribution in [0, 0.1) is 27.7 Å². The third-order valence-corrected chi connectivity index (χ3v) is 10.1. The van der Waals surface area contributed by atoms with Crippen LogP contribution in [0.2, 0.25) is 0 Å². The number of nitrogens with zero attached hydrogens (tertiary/aromatic N) is 2. The number of rotatable bonds is 9. The van der Waals surface area contributed by atoms with E-state index in [1.807, 2.05) is 0 Å². The highest BCUT2D eigenvalue weighted by Gasteiger charge is 2.14. The fourth-order valence-electron chi connectivity index (χ4n) is 6.95. The summed E-state index contributed by atoms with van der Waals surface area (Å²) in [6.07, 6.45) is 4.40. The number of hydrogen-bond acceptors (Lipinski definition) is 2. The van der Waals surface area contributed by atoms with Crippen molar-refractivity contribution in [1.29, 1.82) is 0 Å². The number of anilines is 6. The Morgan fingerprint density at radius 3 is 1.02 bits per heavy atom. The normalized spacial score (nSPS) is 11.3.